The monoisotopic (exact) mass is 439 g/mol. The van der Waals surface area contributed by atoms with Gasteiger partial charge in [-0.15, -0.1) is 0 Å². The van der Waals surface area contributed by atoms with E-state index in [-0.39, 0.29) is 15.7 Å². The molecule has 2 aromatic rings. The van der Waals surface area contributed by atoms with E-state index < -0.39 is 10.0 Å². The van der Waals surface area contributed by atoms with Crippen LogP contribution in [0.15, 0.2) is 44.3 Å². The molecule has 0 amide bonds. The Morgan fingerprint density at radius 2 is 1.90 bits per heavy atom. The molecule has 0 atom stereocenters. The fourth-order valence-electron chi connectivity index (χ4n) is 1.41. The van der Waals surface area contributed by atoms with Gasteiger partial charge in [-0.25, -0.2) is 13.4 Å². The second kappa shape index (κ2) is 5.88. The van der Waals surface area contributed by atoms with Gasteiger partial charge in [-0.2, -0.15) is 0 Å². The summed E-state index contributed by atoms with van der Waals surface area (Å²) in [5.41, 5.74) is 6.25. The van der Waals surface area contributed by atoms with Crippen molar-refractivity contribution in [2.24, 2.45) is 0 Å². The zero-order valence-electron chi connectivity index (χ0n) is 9.77. The van der Waals surface area contributed by atoms with Crippen LogP contribution in [0.2, 0.25) is 5.15 Å². The van der Waals surface area contributed by atoms with Gasteiger partial charge >= 0.3 is 0 Å². The Kier molecular flexibility index (Phi) is 4.58. The third-order valence-corrected chi connectivity index (χ3v) is 5.80. The van der Waals surface area contributed by atoms with Crippen LogP contribution in [0.1, 0.15) is 0 Å². The number of hydrogen-bond acceptors (Lipinski definition) is 4. The average Bonchev–Trinajstić information content (AvgIpc) is 2.36. The van der Waals surface area contributed by atoms with Crippen LogP contribution in [0.3, 0.4) is 0 Å². The van der Waals surface area contributed by atoms with Gasteiger partial charge in [0.15, 0.2) is 0 Å². The Hall–Kier alpha value is -0.830. The molecule has 106 valence electrons. The molecule has 3 N–H and O–H groups in total. The Bertz CT molecular complexity index is 768. The van der Waals surface area contributed by atoms with Crippen LogP contribution in [-0.4, -0.2) is 13.4 Å². The van der Waals surface area contributed by atoms with Gasteiger partial charge in [-0.3, -0.25) is 4.72 Å². The molecule has 1 aromatic carbocycles. The van der Waals surface area contributed by atoms with E-state index >= 15 is 0 Å². The number of sulfonamides is 1. The SMILES string of the molecule is Nc1ccc(Br)c(S(=O)(=O)Nc2cnc(Cl)c(Br)c2)c1. The Morgan fingerprint density at radius 3 is 2.55 bits per heavy atom. The fraction of sp³-hybridized carbons (Fsp3) is 0. The van der Waals surface area contributed by atoms with Crippen molar-refractivity contribution in [2.45, 2.75) is 4.90 Å². The van der Waals surface area contributed by atoms with Crippen molar-refractivity contribution in [1.29, 1.82) is 0 Å². The van der Waals surface area contributed by atoms with Crippen LogP contribution in [0.5, 0.6) is 0 Å². The molecule has 1 aromatic heterocycles. The van der Waals surface area contributed by atoms with Crippen molar-refractivity contribution in [1.82, 2.24) is 4.98 Å². The van der Waals surface area contributed by atoms with Crippen LogP contribution >= 0.6 is 43.5 Å². The molecule has 0 bridgehead atoms. The molecule has 0 saturated heterocycles. The Balaban J connectivity index is 2.40. The first kappa shape index (κ1) is 15.6. The van der Waals surface area contributed by atoms with E-state index in [1.54, 1.807) is 12.1 Å². The maximum absolute atomic E-state index is 12.3. The molecule has 9 heteroatoms. The summed E-state index contributed by atoms with van der Waals surface area (Å²) in [7, 11) is -3.78. The number of anilines is 2. The van der Waals surface area contributed by atoms with Crippen molar-refractivity contribution < 1.29 is 8.42 Å². The third-order valence-electron chi connectivity index (χ3n) is 2.29. The van der Waals surface area contributed by atoms with Crippen molar-refractivity contribution in [3.8, 4) is 0 Å². The molecule has 0 aliphatic rings. The summed E-state index contributed by atoms with van der Waals surface area (Å²) in [6.07, 6.45) is 1.32. The van der Waals surface area contributed by atoms with E-state index in [1.165, 1.54) is 18.3 Å². The van der Waals surface area contributed by atoms with Gasteiger partial charge in [0.2, 0.25) is 0 Å². The van der Waals surface area contributed by atoms with Crippen LogP contribution in [0.4, 0.5) is 11.4 Å². The van der Waals surface area contributed by atoms with Gasteiger partial charge in [-0.05, 0) is 56.1 Å². The molecule has 0 unspecified atom stereocenters. The highest BCUT2D eigenvalue weighted by Gasteiger charge is 2.18. The fourth-order valence-corrected chi connectivity index (χ4v) is 3.90. The standard InChI is InChI=1S/C11H8Br2ClN3O2S/c12-8-2-1-6(15)3-10(8)20(18,19)17-7-4-9(13)11(14)16-5-7/h1-5,17H,15H2. The highest BCUT2D eigenvalue weighted by atomic mass is 79.9. The van der Waals surface area contributed by atoms with Crippen molar-refractivity contribution in [3.05, 3.63) is 44.6 Å². The van der Waals surface area contributed by atoms with E-state index in [0.717, 1.165) is 0 Å². The molecule has 0 aliphatic heterocycles. The highest BCUT2D eigenvalue weighted by Crippen LogP contribution is 2.28. The van der Waals surface area contributed by atoms with Crippen molar-refractivity contribution in [3.63, 3.8) is 0 Å². The lowest BCUT2D eigenvalue weighted by atomic mass is 10.3. The minimum Gasteiger partial charge on any atom is -0.399 e. The number of nitrogens with two attached hydrogens (primary N) is 1. The second-order valence-electron chi connectivity index (χ2n) is 3.79. The van der Waals surface area contributed by atoms with E-state index in [1.807, 2.05) is 0 Å². The molecule has 0 saturated carbocycles. The molecule has 0 fully saturated rings. The Morgan fingerprint density at radius 1 is 1.20 bits per heavy atom. The van der Waals surface area contributed by atoms with Gasteiger partial charge in [0, 0.05) is 10.2 Å². The van der Waals surface area contributed by atoms with E-state index in [0.29, 0.717) is 14.6 Å². The molecule has 20 heavy (non-hydrogen) atoms. The number of nitrogens with one attached hydrogen (secondary N) is 1. The number of nitrogen functional groups attached to an aromatic ring is 1. The van der Waals surface area contributed by atoms with Crippen molar-refractivity contribution >= 4 is 64.9 Å². The second-order valence-corrected chi connectivity index (χ2v) is 7.51. The minimum atomic E-state index is -3.78. The van der Waals surface area contributed by atoms with Gasteiger partial charge in [0.05, 0.1) is 16.4 Å². The first-order valence-corrected chi connectivity index (χ1v) is 8.63. The molecule has 5 nitrogen and oxygen atoms in total. The highest BCUT2D eigenvalue weighted by molar-refractivity contribution is 9.10. The van der Waals surface area contributed by atoms with E-state index in [9.17, 15) is 8.42 Å². The molecule has 2 rings (SSSR count). The zero-order chi connectivity index (χ0) is 14.9. The minimum absolute atomic E-state index is 0.0450. The van der Waals surface area contributed by atoms with Crippen LogP contribution < -0.4 is 10.5 Å². The largest absolute Gasteiger partial charge is 0.399 e. The summed E-state index contributed by atoms with van der Waals surface area (Å²) in [4.78, 5) is 3.90. The third kappa shape index (κ3) is 3.43. The van der Waals surface area contributed by atoms with Gasteiger partial charge in [0.1, 0.15) is 10.0 Å². The summed E-state index contributed by atoms with van der Waals surface area (Å²) >= 11 is 12.1. The lowest BCUT2D eigenvalue weighted by molar-refractivity contribution is 0.601. The number of pyridine rings is 1. The summed E-state index contributed by atoms with van der Waals surface area (Å²) in [5, 5.41) is 0.248. The molecule has 1 heterocycles. The first-order valence-electron chi connectivity index (χ1n) is 5.18. The van der Waals surface area contributed by atoms with Crippen LogP contribution in [0, 0.1) is 0 Å². The summed E-state index contributed by atoms with van der Waals surface area (Å²) < 4.78 is 27.9. The predicted octanol–water partition coefficient (Wildman–Crippen LogP) is 3.64. The van der Waals surface area contributed by atoms with Gasteiger partial charge in [-0.1, -0.05) is 11.6 Å². The van der Waals surface area contributed by atoms with E-state index in [2.05, 4.69) is 41.6 Å². The maximum atomic E-state index is 12.3. The molecule has 0 radical (unpaired) electrons. The van der Waals surface area contributed by atoms with Crippen LogP contribution in [-0.2, 0) is 10.0 Å². The van der Waals surface area contributed by atoms with E-state index in [4.69, 9.17) is 17.3 Å². The lowest BCUT2D eigenvalue weighted by Gasteiger charge is -2.10. The number of rotatable bonds is 3. The Labute approximate surface area is 137 Å². The first-order chi connectivity index (χ1) is 9.29. The number of nitrogens with zero attached hydrogens (tertiary/aromatic N) is 1. The normalized spacial score (nSPS) is 11.3. The molecule has 0 spiro atoms. The molecular weight excluding hydrogens is 433 g/mol. The van der Waals surface area contributed by atoms with Crippen LogP contribution in [0.25, 0.3) is 0 Å². The number of aromatic nitrogens is 1. The summed E-state index contributed by atoms with van der Waals surface area (Å²) in [5.74, 6) is 0. The topological polar surface area (TPSA) is 85.1 Å². The summed E-state index contributed by atoms with van der Waals surface area (Å²) in [6.45, 7) is 0. The average molecular weight is 442 g/mol. The van der Waals surface area contributed by atoms with Gasteiger partial charge in [0.25, 0.3) is 10.0 Å². The predicted molar refractivity (Wildman–Crippen MR) is 86.3 cm³/mol. The zero-order valence-corrected chi connectivity index (χ0v) is 14.5. The molecule has 0 aliphatic carbocycles. The van der Waals surface area contributed by atoms with Crippen molar-refractivity contribution in [2.75, 3.05) is 10.5 Å². The maximum Gasteiger partial charge on any atom is 0.263 e. The quantitative estimate of drug-likeness (QED) is 0.563. The number of halogens is 3. The lowest BCUT2D eigenvalue weighted by Crippen LogP contribution is -2.14. The number of benzene rings is 1. The number of hydrogen-bond donors (Lipinski definition) is 2. The van der Waals surface area contributed by atoms with Gasteiger partial charge < -0.3 is 5.73 Å². The summed E-state index contributed by atoms with van der Waals surface area (Å²) in [6, 6.07) is 6.06. The molecular formula is C11H8Br2ClN3O2S. The smallest absolute Gasteiger partial charge is 0.263 e.